The number of halogens is 2. The van der Waals surface area contributed by atoms with Gasteiger partial charge in [-0.25, -0.2) is 8.78 Å². The van der Waals surface area contributed by atoms with E-state index in [0.717, 1.165) is 24.7 Å². The second kappa shape index (κ2) is 5.98. The average molecular weight is 328 g/mol. The third kappa shape index (κ3) is 2.91. The first kappa shape index (κ1) is 15.3. The topological polar surface area (TPSA) is 41.1 Å². The molecule has 0 saturated heterocycles. The van der Waals surface area contributed by atoms with Crippen molar-refractivity contribution in [3.63, 3.8) is 0 Å². The fourth-order valence-corrected chi connectivity index (χ4v) is 3.41. The van der Waals surface area contributed by atoms with Gasteiger partial charge in [0.2, 0.25) is 5.91 Å². The van der Waals surface area contributed by atoms with E-state index in [9.17, 15) is 13.6 Å². The summed E-state index contributed by atoms with van der Waals surface area (Å²) < 4.78 is 26.7. The summed E-state index contributed by atoms with van der Waals surface area (Å²) in [6, 6.07) is 9.78. The molecule has 1 aliphatic carbocycles. The summed E-state index contributed by atoms with van der Waals surface area (Å²) in [7, 11) is 0. The van der Waals surface area contributed by atoms with Gasteiger partial charge < -0.3 is 10.6 Å². The average Bonchev–Trinajstić information content (AvgIpc) is 3.21. The van der Waals surface area contributed by atoms with E-state index < -0.39 is 11.6 Å². The number of rotatable bonds is 4. The molecule has 4 rings (SSSR count). The number of hydrogen-bond acceptors (Lipinski definition) is 2. The van der Waals surface area contributed by atoms with Gasteiger partial charge in [-0.05, 0) is 40.7 Å². The molecule has 0 spiro atoms. The Bertz CT molecular complexity index is 806. The van der Waals surface area contributed by atoms with Crippen LogP contribution in [0.15, 0.2) is 36.4 Å². The van der Waals surface area contributed by atoms with Crippen molar-refractivity contribution in [2.45, 2.75) is 32.0 Å². The Labute approximate surface area is 139 Å². The zero-order valence-electron chi connectivity index (χ0n) is 13.1. The van der Waals surface area contributed by atoms with Gasteiger partial charge in [0.05, 0.1) is 0 Å². The quantitative estimate of drug-likeness (QED) is 0.906. The van der Waals surface area contributed by atoms with Crippen LogP contribution in [0.1, 0.15) is 34.6 Å². The molecule has 1 aliphatic heterocycles. The summed E-state index contributed by atoms with van der Waals surface area (Å²) in [6.07, 6.45) is 0.614. The monoisotopic (exact) mass is 328 g/mol. The molecule has 0 bridgehead atoms. The summed E-state index contributed by atoms with van der Waals surface area (Å²) in [4.78, 5) is 12.3. The maximum atomic E-state index is 13.8. The lowest BCUT2D eigenvalue weighted by molar-refractivity contribution is -0.122. The minimum absolute atomic E-state index is 0.0673. The summed E-state index contributed by atoms with van der Waals surface area (Å²) in [6.45, 7) is 2.24. The van der Waals surface area contributed by atoms with Gasteiger partial charge in [-0.15, -0.1) is 0 Å². The number of carbonyl (C=O) groups excluding carboxylic acids is 1. The lowest BCUT2D eigenvalue weighted by atomic mass is 10.1. The van der Waals surface area contributed by atoms with Crippen LogP contribution < -0.4 is 10.6 Å². The van der Waals surface area contributed by atoms with E-state index >= 15 is 0 Å². The fraction of sp³-hybridized carbons (Fsp3) is 0.316. The Hall–Kier alpha value is -2.27. The lowest BCUT2D eigenvalue weighted by Crippen LogP contribution is -2.25. The molecule has 1 saturated carbocycles. The Morgan fingerprint density at radius 3 is 2.79 bits per heavy atom. The van der Waals surface area contributed by atoms with Crippen LogP contribution in [0.25, 0.3) is 0 Å². The molecule has 5 heteroatoms. The van der Waals surface area contributed by atoms with Crippen molar-refractivity contribution in [3.8, 4) is 0 Å². The minimum atomic E-state index is -0.594. The van der Waals surface area contributed by atoms with Crippen molar-refractivity contribution in [1.82, 2.24) is 10.6 Å². The molecular weight excluding hydrogens is 310 g/mol. The van der Waals surface area contributed by atoms with Crippen LogP contribution in [0.2, 0.25) is 0 Å². The summed E-state index contributed by atoms with van der Waals surface area (Å²) >= 11 is 0. The van der Waals surface area contributed by atoms with E-state index in [4.69, 9.17) is 0 Å². The van der Waals surface area contributed by atoms with Gasteiger partial charge in [-0.1, -0.05) is 24.3 Å². The number of hydrogen-bond donors (Lipinski definition) is 2. The first-order chi connectivity index (χ1) is 11.6. The molecule has 24 heavy (non-hydrogen) atoms. The second-order valence-electron chi connectivity index (χ2n) is 6.54. The highest BCUT2D eigenvalue weighted by Gasteiger charge is 2.45. The van der Waals surface area contributed by atoms with Gasteiger partial charge in [0.15, 0.2) is 0 Å². The molecule has 1 fully saturated rings. The normalized spacial score (nSPS) is 21.4. The van der Waals surface area contributed by atoms with Crippen molar-refractivity contribution in [2.24, 2.45) is 5.92 Å². The number of benzene rings is 2. The Morgan fingerprint density at radius 2 is 1.96 bits per heavy atom. The van der Waals surface area contributed by atoms with Gasteiger partial charge in [0.25, 0.3) is 0 Å². The summed E-state index contributed by atoms with van der Waals surface area (Å²) in [5, 5.41) is 6.22. The van der Waals surface area contributed by atoms with Crippen molar-refractivity contribution in [3.05, 3.63) is 70.3 Å². The second-order valence-corrected chi connectivity index (χ2v) is 6.54. The predicted molar refractivity (Wildman–Crippen MR) is 86.0 cm³/mol. The largest absolute Gasteiger partial charge is 0.352 e. The zero-order valence-corrected chi connectivity index (χ0v) is 13.1. The summed E-state index contributed by atoms with van der Waals surface area (Å²) in [5.41, 5.74) is 4.08. The van der Waals surface area contributed by atoms with Crippen molar-refractivity contribution in [2.75, 3.05) is 0 Å². The first-order valence-corrected chi connectivity index (χ1v) is 8.16. The van der Waals surface area contributed by atoms with Crippen molar-refractivity contribution in [1.29, 1.82) is 0 Å². The van der Waals surface area contributed by atoms with Crippen LogP contribution in [0, 0.1) is 17.6 Å². The molecule has 124 valence electrons. The molecule has 2 unspecified atom stereocenters. The first-order valence-electron chi connectivity index (χ1n) is 8.16. The SMILES string of the molecule is O=C(NCc1ccc2c(c1)CNC2)C1CC1c1ccc(F)cc1F. The van der Waals surface area contributed by atoms with Gasteiger partial charge in [0, 0.05) is 31.6 Å². The van der Waals surface area contributed by atoms with E-state index in [0.29, 0.717) is 18.5 Å². The smallest absolute Gasteiger partial charge is 0.224 e. The number of amides is 1. The molecule has 1 amide bonds. The molecule has 2 N–H and O–H groups in total. The standard InChI is InChI=1S/C19H18F2N2O/c20-14-3-4-15(18(21)6-14)16-7-17(16)19(24)23-8-11-1-2-12-9-22-10-13(12)5-11/h1-6,16-17,22H,7-10H2,(H,23,24). The molecule has 0 aromatic heterocycles. The highest BCUT2D eigenvalue weighted by molar-refractivity contribution is 5.82. The maximum Gasteiger partial charge on any atom is 0.224 e. The summed E-state index contributed by atoms with van der Waals surface area (Å²) in [5.74, 6) is -1.59. The van der Waals surface area contributed by atoms with Crippen molar-refractivity contribution < 1.29 is 13.6 Å². The third-order valence-electron chi connectivity index (χ3n) is 4.86. The van der Waals surface area contributed by atoms with E-state index in [1.165, 1.54) is 23.3 Å². The van der Waals surface area contributed by atoms with E-state index in [1.54, 1.807) is 0 Å². The highest BCUT2D eigenvalue weighted by Crippen LogP contribution is 2.48. The number of fused-ring (bicyclic) bond motifs is 1. The van der Waals surface area contributed by atoms with Crippen LogP contribution >= 0.6 is 0 Å². The van der Waals surface area contributed by atoms with E-state index in [2.05, 4.69) is 22.8 Å². The Morgan fingerprint density at radius 1 is 1.12 bits per heavy atom. The zero-order chi connectivity index (χ0) is 16.7. The molecule has 2 aromatic carbocycles. The van der Waals surface area contributed by atoms with Crippen molar-refractivity contribution >= 4 is 5.91 Å². The molecule has 2 aromatic rings. The molecule has 2 atom stereocenters. The number of carbonyl (C=O) groups is 1. The fourth-order valence-electron chi connectivity index (χ4n) is 3.41. The number of nitrogens with one attached hydrogen (secondary N) is 2. The Balaban J connectivity index is 1.36. The molecular formula is C19H18F2N2O. The Kier molecular flexibility index (Phi) is 3.81. The van der Waals surface area contributed by atoms with E-state index in [-0.39, 0.29) is 17.7 Å². The van der Waals surface area contributed by atoms with Crippen LogP contribution in [0.3, 0.4) is 0 Å². The molecule has 3 nitrogen and oxygen atoms in total. The van der Waals surface area contributed by atoms with Gasteiger partial charge >= 0.3 is 0 Å². The highest BCUT2D eigenvalue weighted by atomic mass is 19.1. The van der Waals surface area contributed by atoms with Crippen LogP contribution in [0.4, 0.5) is 8.78 Å². The third-order valence-corrected chi connectivity index (χ3v) is 4.86. The van der Waals surface area contributed by atoms with Crippen LogP contribution in [0.5, 0.6) is 0 Å². The molecule has 1 heterocycles. The van der Waals surface area contributed by atoms with Gasteiger partial charge in [-0.2, -0.15) is 0 Å². The molecule has 2 aliphatic rings. The minimum Gasteiger partial charge on any atom is -0.352 e. The van der Waals surface area contributed by atoms with Gasteiger partial charge in [0.1, 0.15) is 11.6 Å². The molecule has 0 radical (unpaired) electrons. The van der Waals surface area contributed by atoms with E-state index in [1.807, 2.05) is 6.07 Å². The van der Waals surface area contributed by atoms with Crippen LogP contribution in [-0.4, -0.2) is 5.91 Å². The van der Waals surface area contributed by atoms with Gasteiger partial charge in [-0.3, -0.25) is 4.79 Å². The maximum absolute atomic E-state index is 13.8. The lowest BCUT2D eigenvalue weighted by Gasteiger charge is -2.07. The predicted octanol–water partition coefficient (Wildman–Crippen LogP) is 2.99. The van der Waals surface area contributed by atoms with Crippen LogP contribution in [-0.2, 0) is 24.4 Å².